The number of rotatable bonds is 13. The Morgan fingerprint density at radius 3 is 2.31 bits per heavy atom. The van der Waals surface area contributed by atoms with E-state index in [1.165, 1.54) is 23.1 Å². The maximum atomic E-state index is 6.88. The molecule has 1 aliphatic heterocycles. The lowest BCUT2D eigenvalue weighted by Gasteiger charge is -2.22. The molecule has 3 aromatic rings. The van der Waals surface area contributed by atoms with Gasteiger partial charge in [-0.2, -0.15) is 0 Å². The number of hydrogen-bond donors (Lipinski definition) is 0. The zero-order chi connectivity index (χ0) is 24.8. The fraction of sp³-hybridized carbons (Fsp3) is 0.355. The second-order valence-corrected chi connectivity index (χ2v) is 9.34. The molecule has 2 unspecified atom stereocenters. The highest BCUT2D eigenvalue weighted by Crippen LogP contribution is 2.34. The molecule has 0 bridgehead atoms. The van der Waals surface area contributed by atoms with Gasteiger partial charge >= 0.3 is 0 Å². The fourth-order valence-corrected chi connectivity index (χ4v) is 4.46. The van der Waals surface area contributed by atoms with Gasteiger partial charge < -0.3 is 18.9 Å². The summed E-state index contributed by atoms with van der Waals surface area (Å²) >= 11 is 6.88. The van der Waals surface area contributed by atoms with Gasteiger partial charge in [0.1, 0.15) is 12.4 Å². The highest BCUT2D eigenvalue weighted by molar-refractivity contribution is 6.21. The lowest BCUT2D eigenvalue weighted by Crippen LogP contribution is -2.24. The van der Waals surface area contributed by atoms with Crippen LogP contribution in [-0.4, -0.2) is 39.3 Å². The molecule has 0 aromatic heterocycles. The molecule has 2 atom stereocenters. The molecule has 0 radical (unpaired) electrons. The summed E-state index contributed by atoms with van der Waals surface area (Å²) in [6.07, 6.45) is 6.14. The maximum Gasteiger partial charge on any atom is 0.157 e. The zero-order valence-electron chi connectivity index (χ0n) is 20.7. The second kappa shape index (κ2) is 14.8. The molecule has 3 aromatic carbocycles. The number of alkyl halides is 1. The first-order chi connectivity index (χ1) is 17.8. The van der Waals surface area contributed by atoms with Gasteiger partial charge in [-0.05, 0) is 60.1 Å². The molecule has 4 rings (SSSR count). The summed E-state index contributed by atoms with van der Waals surface area (Å²) in [5.41, 5.74) is 4.62. The Morgan fingerprint density at radius 1 is 0.861 bits per heavy atom. The molecule has 0 aliphatic carbocycles. The van der Waals surface area contributed by atoms with Gasteiger partial charge in [0.25, 0.3) is 0 Å². The average molecular weight is 507 g/mol. The van der Waals surface area contributed by atoms with Crippen molar-refractivity contribution in [2.24, 2.45) is 0 Å². The van der Waals surface area contributed by atoms with Crippen molar-refractivity contribution in [3.63, 3.8) is 0 Å². The minimum Gasteiger partial charge on any atom is -0.491 e. The molecule has 1 aliphatic rings. The van der Waals surface area contributed by atoms with Crippen molar-refractivity contribution >= 4 is 23.3 Å². The molecule has 0 saturated carbocycles. The van der Waals surface area contributed by atoms with Crippen molar-refractivity contribution in [2.45, 2.75) is 37.4 Å². The summed E-state index contributed by atoms with van der Waals surface area (Å²) < 4.78 is 22.6. The Labute approximate surface area is 219 Å². The zero-order valence-corrected chi connectivity index (χ0v) is 21.4. The summed E-state index contributed by atoms with van der Waals surface area (Å²) in [5, 5.41) is -0.148. The summed E-state index contributed by atoms with van der Waals surface area (Å²) in [6, 6.07) is 28.8. The van der Waals surface area contributed by atoms with E-state index in [9.17, 15) is 0 Å². The molecule has 5 heteroatoms. The largest absolute Gasteiger partial charge is 0.491 e. The Kier molecular flexibility index (Phi) is 10.9. The van der Waals surface area contributed by atoms with Crippen LogP contribution in [0.4, 0.5) is 0 Å². The van der Waals surface area contributed by atoms with E-state index in [0.717, 1.165) is 37.2 Å². The molecule has 0 amide bonds. The van der Waals surface area contributed by atoms with E-state index in [-0.39, 0.29) is 11.7 Å². The van der Waals surface area contributed by atoms with Crippen LogP contribution in [0.3, 0.4) is 0 Å². The van der Waals surface area contributed by atoms with Crippen molar-refractivity contribution < 1.29 is 18.9 Å². The Bertz CT molecular complexity index is 1030. The van der Waals surface area contributed by atoms with Crippen LogP contribution < -0.4 is 4.74 Å². The smallest absolute Gasteiger partial charge is 0.157 e. The molecule has 0 spiro atoms. The number of benzene rings is 3. The molecule has 1 heterocycles. The monoisotopic (exact) mass is 506 g/mol. The lowest BCUT2D eigenvalue weighted by atomic mass is 9.96. The van der Waals surface area contributed by atoms with Crippen molar-refractivity contribution in [1.82, 2.24) is 0 Å². The van der Waals surface area contributed by atoms with Crippen molar-refractivity contribution in [3.8, 4) is 5.75 Å². The van der Waals surface area contributed by atoms with Crippen LogP contribution in [0, 0.1) is 0 Å². The third-order valence-electron chi connectivity index (χ3n) is 6.09. The van der Waals surface area contributed by atoms with Crippen LogP contribution in [-0.2, 0) is 14.2 Å². The van der Waals surface area contributed by atoms with Gasteiger partial charge in [-0.1, -0.05) is 78.9 Å². The first-order valence-electron chi connectivity index (χ1n) is 12.8. The molecular weight excluding hydrogens is 472 g/mol. The highest BCUT2D eigenvalue weighted by Gasteiger charge is 2.14. The Morgan fingerprint density at radius 2 is 1.58 bits per heavy atom. The third kappa shape index (κ3) is 8.79. The summed E-state index contributed by atoms with van der Waals surface area (Å²) in [5.74, 6) is 0.807. The summed E-state index contributed by atoms with van der Waals surface area (Å²) in [6.45, 7) is 2.87. The minimum absolute atomic E-state index is 0.0690. The summed E-state index contributed by atoms with van der Waals surface area (Å²) in [4.78, 5) is 0. The van der Waals surface area contributed by atoms with Crippen molar-refractivity contribution in [1.29, 1.82) is 0 Å². The fourth-order valence-electron chi connectivity index (χ4n) is 4.15. The first-order valence-corrected chi connectivity index (χ1v) is 13.2. The number of ether oxygens (including phenoxy) is 4. The molecule has 4 nitrogen and oxygen atoms in total. The predicted octanol–water partition coefficient (Wildman–Crippen LogP) is 7.54. The van der Waals surface area contributed by atoms with Crippen LogP contribution >= 0.6 is 11.6 Å². The van der Waals surface area contributed by atoms with E-state index in [0.29, 0.717) is 26.4 Å². The van der Waals surface area contributed by atoms with E-state index in [1.54, 1.807) is 0 Å². The van der Waals surface area contributed by atoms with Gasteiger partial charge in [-0.3, -0.25) is 0 Å². The molecule has 190 valence electrons. The number of hydrogen-bond acceptors (Lipinski definition) is 4. The van der Waals surface area contributed by atoms with E-state index >= 15 is 0 Å². The van der Waals surface area contributed by atoms with E-state index in [1.807, 2.05) is 36.4 Å². The van der Waals surface area contributed by atoms with Gasteiger partial charge in [-0.15, -0.1) is 11.6 Å². The van der Waals surface area contributed by atoms with Gasteiger partial charge in [0.2, 0.25) is 0 Å². The SMILES string of the molecule is ClC(CC(=Cc1ccccc1)c1ccccc1)c1ccc(OCCOCCOC2CCCCO2)cc1. The third-order valence-corrected chi connectivity index (χ3v) is 6.50. The van der Waals surface area contributed by atoms with Crippen molar-refractivity contribution in [3.05, 3.63) is 102 Å². The minimum atomic E-state index is -0.148. The topological polar surface area (TPSA) is 36.9 Å². The average Bonchev–Trinajstić information content (AvgIpc) is 2.94. The Balaban J connectivity index is 1.23. The predicted molar refractivity (Wildman–Crippen MR) is 146 cm³/mol. The Hall–Kier alpha value is -2.63. The van der Waals surface area contributed by atoms with Gasteiger partial charge in [0.05, 0.1) is 25.2 Å². The van der Waals surface area contributed by atoms with Crippen LogP contribution in [0.15, 0.2) is 84.9 Å². The maximum absolute atomic E-state index is 6.88. The molecule has 36 heavy (non-hydrogen) atoms. The lowest BCUT2D eigenvalue weighted by molar-refractivity contribution is -0.169. The summed E-state index contributed by atoms with van der Waals surface area (Å²) in [7, 11) is 0. The molecular formula is C31H35ClO4. The van der Waals surface area contributed by atoms with E-state index in [2.05, 4.69) is 54.6 Å². The van der Waals surface area contributed by atoms with Crippen LogP contribution in [0.2, 0.25) is 0 Å². The van der Waals surface area contributed by atoms with Crippen LogP contribution in [0.5, 0.6) is 5.75 Å². The molecule has 1 saturated heterocycles. The van der Waals surface area contributed by atoms with Crippen LogP contribution in [0.25, 0.3) is 11.6 Å². The molecule has 1 fully saturated rings. The normalized spacial score (nSPS) is 17.0. The highest BCUT2D eigenvalue weighted by atomic mass is 35.5. The first kappa shape index (κ1) is 26.4. The van der Waals surface area contributed by atoms with Crippen LogP contribution in [0.1, 0.15) is 47.8 Å². The van der Waals surface area contributed by atoms with Gasteiger partial charge in [0.15, 0.2) is 6.29 Å². The van der Waals surface area contributed by atoms with E-state index < -0.39 is 0 Å². The standard InChI is InChI=1S/C31H35ClO4/c32-30(24-28(26-11-5-2-6-12-26)23-25-9-3-1-4-10-25)27-14-16-29(17-15-27)34-21-19-33-20-22-36-31-13-7-8-18-35-31/h1-6,9-12,14-17,23,30-31H,7-8,13,18-22,24H2. The number of halogens is 1. The second-order valence-electron chi connectivity index (χ2n) is 8.81. The molecule has 0 N–H and O–H groups in total. The van der Waals surface area contributed by atoms with Gasteiger partial charge in [-0.25, -0.2) is 0 Å². The van der Waals surface area contributed by atoms with Crippen molar-refractivity contribution in [2.75, 3.05) is 33.0 Å². The van der Waals surface area contributed by atoms with E-state index in [4.69, 9.17) is 30.5 Å². The number of allylic oxidation sites excluding steroid dienone is 1. The van der Waals surface area contributed by atoms with Gasteiger partial charge in [0, 0.05) is 6.61 Å². The quantitative estimate of drug-likeness (QED) is 0.136.